The minimum absolute atomic E-state index is 0.310. The van der Waals surface area contributed by atoms with E-state index in [-0.39, 0.29) is 0 Å². The smallest absolute Gasteiger partial charge is 0.111 e. The minimum Gasteiger partial charge on any atom is -0.380 e. The molecule has 150 valence electrons. The van der Waals surface area contributed by atoms with E-state index in [1.807, 2.05) is 0 Å². The van der Waals surface area contributed by atoms with E-state index < -0.39 is 0 Å². The van der Waals surface area contributed by atoms with Crippen LogP contribution in [-0.2, 0) is 0 Å². The average molecular weight is 413 g/mol. The summed E-state index contributed by atoms with van der Waals surface area (Å²) in [7, 11) is 0. The number of nitrogens with one attached hydrogen (secondary N) is 2. The number of thiophene rings is 1. The van der Waals surface area contributed by atoms with E-state index in [2.05, 4.69) is 77.9 Å². The Hall–Kier alpha value is -1.65. The highest BCUT2D eigenvalue weighted by atomic mass is 32.2. The van der Waals surface area contributed by atoms with Gasteiger partial charge in [0, 0.05) is 11.4 Å². The molecule has 1 aromatic rings. The molecule has 1 aromatic heterocycles. The van der Waals surface area contributed by atoms with Crippen molar-refractivity contribution in [3.8, 4) is 0 Å². The third-order valence-corrected chi connectivity index (χ3v) is 7.71. The van der Waals surface area contributed by atoms with Gasteiger partial charge in [-0.05, 0) is 41.5 Å². The Balaban J connectivity index is 1.35. The van der Waals surface area contributed by atoms with Crippen molar-refractivity contribution in [1.82, 2.24) is 10.6 Å². The summed E-state index contributed by atoms with van der Waals surface area (Å²) in [6.07, 6.45) is 15.2. The second-order valence-corrected chi connectivity index (χ2v) is 9.53. The molecule has 0 bridgehead atoms. The van der Waals surface area contributed by atoms with Crippen LogP contribution >= 0.6 is 23.1 Å². The van der Waals surface area contributed by atoms with E-state index >= 15 is 0 Å². The highest BCUT2D eigenvalue weighted by Gasteiger charge is 2.22. The summed E-state index contributed by atoms with van der Waals surface area (Å²) in [5.41, 5.74) is 3.32. The molecule has 2 aliphatic rings. The molecule has 3 atom stereocenters. The maximum Gasteiger partial charge on any atom is 0.111 e. The molecule has 0 radical (unpaired) electrons. The lowest BCUT2D eigenvalue weighted by Gasteiger charge is -2.28. The quantitative estimate of drug-likeness (QED) is 0.431. The summed E-state index contributed by atoms with van der Waals surface area (Å²) in [4.78, 5) is 1.34. The third-order valence-electron chi connectivity index (χ3n) is 5.61. The molecule has 2 nitrogen and oxygen atoms in total. The number of hydrogen-bond donors (Lipinski definition) is 2. The maximum atomic E-state index is 4.31. The molecule has 1 aliphatic heterocycles. The topological polar surface area (TPSA) is 24.1 Å². The van der Waals surface area contributed by atoms with Crippen LogP contribution in [0.3, 0.4) is 0 Å². The van der Waals surface area contributed by atoms with Crippen molar-refractivity contribution in [1.29, 1.82) is 0 Å². The first kappa shape index (κ1) is 21.1. The normalized spacial score (nSPS) is 25.0. The van der Waals surface area contributed by atoms with Gasteiger partial charge in [0.1, 0.15) is 5.37 Å². The molecule has 2 N–H and O–H groups in total. The lowest BCUT2D eigenvalue weighted by atomic mass is 9.77. The van der Waals surface area contributed by atoms with Crippen molar-refractivity contribution in [2.24, 2.45) is 11.8 Å². The van der Waals surface area contributed by atoms with Gasteiger partial charge in [-0.2, -0.15) is 0 Å². The van der Waals surface area contributed by atoms with Crippen LogP contribution in [0.15, 0.2) is 77.3 Å². The van der Waals surface area contributed by atoms with Gasteiger partial charge in [-0.15, -0.1) is 23.1 Å². The first-order chi connectivity index (χ1) is 13.7. The Kier molecular flexibility index (Phi) is 8.11. The third kappa shape index (κ3) is 5.92. The highest BCUT2D eigenvalue weighted by Crippen LogP contribution is 2.37. The lowest BCUT2D eigenvalue weighted by Crippen LogP contribution is -2.21. The van der Waals surface area contributed by atoms with E-state index in [1.165, 1.54) is 42.6 Å². The van der Waals surface area contributed by atoms with E-state index in [0.29, 0.717) is 11.3 Å². The van der Waals surface area contributed by atoms with Gasteiger partial charge in [-0.3, -0.25) is 0 Å². The Morgan fingerprint density at radius 3 is 3.00 bits per heavy atom. The zero-order chi connectivity index (χ0) is 19.8. The molecule has 28 heavy (non-hydrogen) atoms. The van der Waals surface area contributed by atoms with Crippen molar-refractivity contribution < 1.29 is 0 Å². The molecule has 0 spiro atoms. The molecule has 4 heteroatoms. The Morgan fingerprint density at radius 1 is 1.32 bits per heavy atom. The van der Waals surface area contributed by atoms with Crippen LogP contribution in [0.5, 0.6) is 0 Å². The van der Waals surface area contributed by atoms with Gasteiger partial charge in [0.05, 0.1) is 11.4 Å². The zero-order valence-corrected chi connectivity index (χ0v) is 18.5. The summed E-state index contributed by atoms with van der Waals surface area (Å²) in [6, 6.07) is 4.26. The molecule has 3 rings (SSSR count). The predicted molar refractivity (Wildman–Crippen MR) is 126 cm³/mol. The molecule has 0 amide bonds. The van der Waals surface area contributed by atoms with Crippen molar-refractivity contribution in [3.05, 3.63) is 82.2 Å². The first-order valence-corrected chi connectivity index (χ1v) is 12.1. The number of thioether (sulfide) groups is 1. The first-order valence-electron chi connectivity index (χ1n) is 10.3. The van der Waals surface area contributed by atoms with Gasteiger partial charge in [0.2, 0.25) is 0 Å². The Morgan fingerprint density at radius 2 is 2.21 bits per heavy atom. The van der Waals surface area contributed by atoms with E-state index in [4.69, 9.17) is 0 Å². The second kappa shape index (κ2) is 10.8. The molecular formula is C24H32N2S2. The van der Waals surface area contributed by atoms with Gasteiger partial charge < -0.3 is 10.6 Å². The highest BCUT2D eigenvalue weighted by molar-refractivity contribution is 8.02. The lowest BCUT2D eigenvalue weighted by molar-refractivity contribution is 0.291. The number of hydrogen-bond acceptors (Lipinski definition) is 4. The van der Waals surface area contributed by atoms with Gasteiger partial charge in [-0.25, -0.2) is 0 Å². The van der Waals surface area contributed by atoms with Crippen LogP contribution in [0.2, 0.25) is 0 Å². The van der Waals surface area contributed by atoms with Gasteiger partial charge in [-0.1, -0.05) is 75.3 Å². The second-order valence-electron chi connectivity index (χ2n) is 7.57. The number of rotatable bonds is 9. The molecule has 0 saturated heterocycles. The molecule has 1 fully saturated rings. The van der Waals surface area contributed by atoms with E-state index in [0.717, 1.165) is 23.9 Å². The van der Waals surface area contributed by atoms with Gasteiger partial charge in [0.15, 0.2) is 0 Å². The average Bonchev–Trinajstić information content (AvgIpc) is 3.42. The summed E-state index contributed by atoms with van der Waals surface area (Å²) >= 11 is 3.58. The predicted octanol–water partition coefficient (Wildman–Crippen LogP) is 6.91. The molecule has 1 saturated carbocycles. The van der Waals surface area contributed by atoms with Crippen LogP contribution in [0, 0.1) is 11.8 Å². The molecular weight excluding hydrogens is 380 g/mol. The molecule has 1 aliphatic carbocycles. The Bertz CT molecular complexity index is 743. The molecule has 3 unspecified atom stereocenters. The van der Waals surface area contributed by atoms with Crippen LogP contribution in [0.25, 0.3) is 0 Å². The van der Waals surface area contributed by atoms with Gasteiger partial charge >= 0.3 is 0 Å². The summed E-state index contributed by atoms with van der Waals surface area (Å²) in [5, 5.41) is 11.5. The largest absolute Gasteiger partial charge is 0.380 e. The molecule has 2 heterocycles. The maximum absolute atomic E-state index is 4.31. The summed E-state index contributed by atoms with van der Waals surface area (Å²) in [6.45, 7) is 11.5. The SMILES string of the molecule is C=C(NC/C=C\C=C/C(=C)C1CCCC(CC)C1)C1=CSC(c2cccs2)N1. The van der Waals surface area contributed by atoms with Crippen LogP contribution in [-0.4, -0.2) is 6.54 Å². The van der Waals surface area contributed by atoms with E-state index in [9.17, 15) is 0 Å². The number of allylic oxidation sites excluding steroid dienone is 4. The van der Waals surface area contributed by atoms with Crippen molar-refractivity contribution in [2.75, 3.05) is 6.54 Å². The van der Waals surface area contributed by atoms with Crippen LogP contribution in [0.1, 0.15) is 49.3 Å². The summed E-state index contributed by atoms with van der Waals surface area (Å²) < 4.78 is 0. The van der Waals surface area contributed by atoms with E-state index in [1.54, 1.807) is 23.1 Å². The van der Waals surface area contributed by atoms with Gasteiger partial charge in [0.25, 0.3) is 0 Å². The monoisotopic (exact) mass is 412 g/mol. The van der Waals surface area contributed by atoms with Crippen LogP contribution < -0.4 is 10.6 Å². The van der Waals surface area contributed by atoms with Crippen molar-refractivity contribution in [2.45, 2.75) is 44.4 Å². The summed E-state index contributed by atoms with van der Waals surface area (Å²) in [5.74, 6) is 1.57. The van der Waals surface area contributed by atoms with Crippen molar-refractivity contribution >= 4 is 23.1 Å². The Labute approximate surface area is 178 Å². The zero-order valence-electron chi connectivity index (χ0n) is 16.8. The minimum atomic E-state index is 0.310. The standard InChI is InChI=1S/C24H32N2S2/c1-4-20-11-8-12-21(16-20)18(2)10-6-5-7-14-25-19(3)22-17-28-24(26-22)23-13-9-15-27-23/h5-7,9-10,13,15,17,20-21,24-26H,2-4,8,11-12,14,16H2,1H3/b7-5-,10-6-. The van der Waals surface area contributed by atoms with Crippen LogP contribution in [0.4, 0.5) is 0 Å². The molecule has 0 aromatic carbocycles. The fourth-order valence-corrected chi connectivity index (χ4v) is 5.70. The fourth-order valence-electron chi connectivity index (χ4n) is 3.82. The fraction of sp³-hybridized carbons (Fsp3) is 0.417. The van der Waals surface area contributed by atoms with Crippen molar-refractivity contribution in [3.63, 3.8) is 0 Å².